The van der Waals surface area contributed by atoms with E-state index >= 15 is 0 Å². The number of benzene rings is 1. The number of nitrogens with zero attached hydrogens (tertiary/aromatic N) is 1. The Morgan fingerprint density at radius 3 is 2.42 bits per heavy atom. The van der Waals surface area contributed by atoms with E-state index in [-0.39, 0.29) is 17.9 Å². The molecular formula is C18H23ClN2O3. The third kappa shape index (κ3) is 4.74. The molecule has 0 aliphatic carbocycles. The fourth-order valence-corrected chi connectivity index (χ4v) is 2.83. The second kappa shape index (κ2) is 7.71. The van der Waals surface area contributed by atoms with Crippen LogP contribution < -0.4 is 10.1 Å². The van der Waals surface area contributed by atoms with Gasteiger partial charge in [0, 0.05) is 24.2 Å². The van der Waals surface area contributed by atoms with Crippen molar-refractivity contribution in [3.8, 4) is 5.75 Å². The van der Waals surface area contributed by atoms with E-state index in [1.807, 2.05) is 0 Å². The molecule has 1 fully saturated rings. The highest BCUT2D eigenvalue weighted by Gasteiger charge is 2.36. The number of hydrogen-bond acceptors (Lipinski definition) is 3. The first-order chi connectivity index (χ1) is 11.3. The molecule has 6 heteroatoms. The number of halogens is 1. The van der Waals surface area contributed by atoms with Crippen LogP contribution in [0, 0.1) is 0 Å². The molecule has 1 aliphatic rings. The minimum absolute atomic E-state index is 0.0639. The molecule has 0 unspecified atom stereocenters. The second-order valence-corrected chi connectivity index (χ2v) is 6.78. The van der Waals surface area contributed by atoms with Gasteiger partial charge in [0.05, 0.1) is 0 Å². The van der Waals surface area contributed by atoms with E-state index in [0.29, 0.717) is 23.9 Å². The molecule has 1 aromatic carbocycles. The third-order valence-electron chi connectivity index (χ3n) is 4.02. The number of ether oxygens (including phenoxy) is 1. The summed E-state index contributed by atoms with van der Waals surface area (Å²) < 4.78 is 5.85. The minimum Gasteiger partial charge on any atom is -0.478 e. The van der Waals surface area contributed by atoms with Crippen molar-refractivity contribution >= 4 is 23.4 Å². The van der Waals surface area contributed by atoms with Gasteiger partial charge in [0.2, 0.25) is 5.91 Å². The van der Waals surface area contributed by atoms with Gasteiger partial charge in [-0.1, -0.05) is 18.2 Å². The summed E-state index contributed by atoms with van der Waals surface area (Å²) in [7, 11) is 0. The van der Waals surface area contributed by atoms with Crippen molar-refractivity contribution in [2.45, 2.75) is 38.3 Å². The van der Waals surface area contributed by atoms with E-state index in [9.17, 15) is 9.59 Å². The monoisotopic (exact) mass is 350 g/mol. The Morgan fingerprint density at radius 2 is 1.88 bits per heavy atom. The molecule has 0 atom stereocenters. The van der Waals surface area contributed by atoms with E-state index in [1.165, 1.54) is 6.08 Å². The number of likely N-dealkylation sites (tertiary alicyclic amines) is 1. The van der Waals surface area contributed by atoms with E-state index in [2.05, 4.69) is 11.9 Å². The van der Waals surface area contributed by atoms with Gasteiger partial charge in [0.1, 0.15) is 5.75 Å². The molecule has 1 N–H and O–H groups in total. The SMILES string of the molecule is C=CC(=O)NC1CCN(C(=O)C(C)(C)Oc2ccc(Cl)cc2)CC1. The molecule has 1 aromatic rings. The van der Waals surface area contributed by atoms with Gasteiger partial charge in [-0.3, -0.25) is 9.59 Å². The van der Waals surface area contributed by atoms with Gasteiger partial charge in [-0.25, -0.2) is 0 Å². The molecule has 0 spiro atoms. The quantitative estimate of drug-likeness (QED) is 0.831. The molecule has 2 amide bonds. The van der Waals surface area contributed by atoms with Crippen LogP contribution in [0.3, 0.4) is 0 Å². The van der Waals surface area contributed by atoms with Gasteiger partial charge in [-0.05, 0) is 57.0 Å². The van der Waals surface area contributed by atoms with Crippen LogP contribution in [0.25, 0.3) is 0 Å². The Bertz CT molecular complexity index is 605. The fourth-order valence-electron chi connectivity index (χ4n) is 2.71. The summed E-state index contributed by atoms with van der Waals surface area (Å²) in [5.41, 5.74) is -0.967. The van der Waals surface area contributed by atoms with Crippen molar-refractivity contribution < 1.29 is 14.3 Å². The van der Waals surface area contributed by atoms with E-state index < -0.39 is 5.60 Å². The Morgan fingerprint density at radius 1 is 1.29 bits per heavy atom. The van der Waals surface area contributed by atoms with Crippen LogP contribution in [0.1, 0.15) is 26.7 Å². The zero-order valence-electron chi connectivity index (χ0n) is 14.0. The highest BCUT2D eigenvalue weighted by atomic mass is 35.5. The normalized spacial score (nSPS) is 15.7. The van der Waals surface area contributed by atoms with Crippen LogP contribution in [-0.2, 0) is 9.59 Å². The van der Waals surface area contributed by atoms with Crippen molar-refractivity contribution in [3.05, 3.63) is 41.9 Å². The minimum atomic E-state index is -0.967. The molecule has 0 radical (unpaired) electrons. The van der Waals surface area contributed by atoms with Crippen LogP contribution in [0.15, 0.2) is 36.9 Å². The van der Waals surface area contributed by atoms with E-state index in [1.54, 1.807) is 43.0 Å². The topological polar surface area (TPSA) is 58.6 Å². The maximum absolute atomic E-state index is 12.7. The molecule has 1 aliphatic heterocycles. The van der Waals surface area contributed by atoms with E-state index in [4.69, 9.17) is 16.3 Å². The lowest BCUT2D eigenvalue weighted by Crippen LogP contribution is -2.53. The first-order valence-corrected chi connectivity index (χ1v) is 8.36. The predicted octanol–water partition coefficient (Wildman–Crippen LogP) is 2.79. The number of rotatable bonds is 5. The zero-order chi connectivity index (χ0) is 17.7. The van der Waals surface area contributed by atoms with Crippen molar-refractivity contribution in [1.29, 1.82) is 0 Å². The predicted molar refractivity (Wildman–Crippen MR) is 94.1 cm³/mol. The molecule has 0 aromatic heterocycles. The lowest BCUT2D eigenvalue weighted by atomic mass is 10.0. The molecule has 130 valence electrons. The number of carbonyl (C=O) groups is 2. The van der Waals surface area contributed by atoms with Crippen LogP contribution >= 0.6 is 11.6 Å². The summed E-state index contributed by atoms with van der Waals surface area (Å²) >= 11 is 5.86. The van der Waals surface area contributed by atoms with Crippen molar-refractivity contribution in [1.82, 2.24) is 10.2 Å². The molecule has 1 heterocycles. The number of piperidine rings is 1. The zero-order valence-corrected chi connectivity index (χ0v) is 14.8. The average molecular weight is 351 g/mol. The number of carbonyl (C=O) groups excluding carboxylic acids is 2. The molecule has 2 rings (SSSR count). The summed E-state index contributed by atoms with van der Waals surface area (Å²) in [5, 5.41) is 3.49. The van der Waals surface area contributed by atoms with Gasteiger partial charge >= 0.3 is 0 Å². The third-order valence-corrected chi connectivity index (χ3v) is 4.27. The lowest BCUT2D eigenvalue weighted by Gasteiger charge is -2.37. The molecule has 1 saturated heterocycles. The van der Waals surface area contributed by atoms with Crippen LogP contribution in [0.4, 0.5) is 0 Å². The molecule has 0 saturated carbocycles. The van der Waals surface area contributed by atoms with Gasteiger partial charge in [0.15, 0.2) is 5.60 Å². The Hall–Kier alpha value is -2.01. The molecule has 5 nitrogen and oxygen atoms in total. The van der Waals surface area contributed by atoms with Crippen molar-refractivity contribution in [2.75, 3.05) is 13.1 Å². The largest absolute Gasteiger partial charge is 0.478 e. The summed E-state index contributed by atoms with van der Waals surface area (Å²) in [6, 6.07) is 7.03. The van der Waals surface area contributed by atoms with Gasteiger partial charge in [0.25, 0.3) is 5.91 Å². The average Bonchev–Trinajstić information content (AvgIpc) is 2.56. The summed E-state index contributed by atoms with van der Waals surface area (Å²) in [6.45, 7) is 8.15. The van der Waals surface area contributed by atoms with Crippen LogP contribution in [0.5, 0.6) is 5.75 Å². The highest BCUT2D eigenvalue weighted by molar-refractivity contribution is 6.30. The summed E-state index contributed by atoms with van der Waals surface area (Å²) in [4.78, 5) is 25.9. The van der Waals surface area contributed by atoms with Crippen molar-refractivity contribution in [2.24, 2.45) is 0 Å². The van der Waals surface area contributed by atoms with Gasteiger partial charge in [-0.15, -0.1) is 0 Å². The number of nitrogens with one attached hydrogen (secondary N) is 1. The second-order valence-electron chi connectivity index (χ2n) is 6.35. The summed E-state index contributed by atoms with van der Waals surface area (Å²) in [6.07, 6.45) is 2.71. The molecule has 24 heavy (non-hydrogen) atoms. The van der Waals surface area contributed by atoms with Gasteiger partial charge < -0.3 is 15.0 Å². The maximum Gasteiger partial charge on any atom is 0.266 e. The number of hydrogen-bond donors (Lipinski definition) is 1. The molecule has 0 bridgehead atoms. The fraction of sp³-hybridized carbons (Fsp3) is 0.444. The van der Waals surface area contributed by atoms with Gasteiger partial charge in [-0.2, -0.15) is 0 Å². The maximum atomic E-state index is 12.7. The smallest absolute Gasteiger partial charge is 0.266 e. The van der Waals surface area contributed by atoms with Crippen LogP contribution in [-0.4, -0.2) is 41.4 Å². The first kappa shape index (κ1) is 18.3. The molecular weight excluding hydrogens is 328 g/mol. The number of amides is 2. The van der Waals surface area contributed by atoms with Crippen molar-refractivity contribution in [3.63, 3.8) is 0 Å². The highest BCUT2D eigenvalue weighted by Crippen LogP contribution is 2.23. The van der Waals surface area contributed by atoms with Crippen LogP contribution in [0.2, 0.25) is 5.02 Å². The summed E-state index contributed by atoms with van der Waals surface area (Å²) in [5.74, 6) is 0.364. The standard InChI is InChI=1S/C18H23ClN2O3/c1-4-16(22)20-14-9-11-21(12-10-14)17(23)18(2,3)24-15-7-5-13(19)6-8-15/h4-8,14H,1,9-12H2,2-3H3,(H,20,22). The lowest BCUT2D eigenvalue weighted by molar-refractivity contribution is -0.146. The Balaban J connectivity index is 1.92. The van der Waals surface area contributed by atoms with E-state index in [0.717, 1.165) is 12.8 Å². The Kier molecular flexibility index (Phi) is 5.89. The Labute approximate surface area is 147 Å². The first-order valence-electron chi connectivity index (χ1n) is 7.99.